The van der Waals surface area contributed by atoms with Crippen molar-refractivity contribution in [3.8, 4) is 17.2 Å². The summed E-state index contributed by atoms with van der Waals surface area (Å²) in [4.78, 5) is 9.43. The van der Waals surface area contributed by atoms with Crippen molar-refractivity contribution >= 4 is 0 Å². The zero-order chi connectivity index (χ0) is 18.4. The Labute approximate surface area is 155 Å². The Hall–Kier alpha value is -2.56. The van der Waals surface area contributed by atoms with Gasteiger partial charge in [0.2, 0.25) is 0 Å². The lowest BCUT2D eigenvalue weighted by atomic mass is 10.1. The summed E-state index contributed by atoms with van der Waals surface area (Å²) in [6.45, 7) is 6.40. The van der Waals surface area contributed by atoms with Crippen molar-refractivity contribution in [3.05, 3.63) is 53.5 Å². The van der Waals surface area contributed by atoms with Crippen LogP contribution in [0.1, 0.15) is 56.6 Å². The number of aromatic nitrogens is 5. The van der Waals surface area contributed by atoms with E-state index in [9.17, 15) is 0 Å². The lowest BCUT2D eigenvalue weighted by Gasteiger charge is -2.09. The second-order valence-corrected chi connectivity index (χ2v) is 6.66. The van der Waals surface area contributed by atoms with Crippen LogP contribution in [0.25, 0.3) is 17.2 Å². The highest BCUT2D eigenvalue weighted by molar-refractivity contribution is 5.59. The first kappa shape index (κ1) is 18.2. The molecule has 0 amide bonds. The van der Waals surface area contributed by atoms with Crippen LogP contribution in [0.2, 0.25) is 0 Å². The quantitative estimate of drug-likeness (QED) is 0.590. The smallest absolute Gasteiger partial charge is 0.216 e. The molecule has 0 N–H and O–H groups in total. The van der Waals surface area contributed by atoms with Crippen molar-refractivity contribution in [1.82, 2.24) is 25.0 Å². The van der Waals surface area contributed by atoms with Gasteiger partial charge in [-0.05, 0) is 38.7 Å². The molecule has 0 saturated heterocycles. The molecule has 0 aliphatic heterocycles. The maximum Gasteiger partial charge on any atom is 0.253 e. The van der Waals surface area contributed by atoms with Crippen LogP contribution in [0.5, 0.6) is 0 Å². The molecule has 0 aliphatic rings. The predicted octanol–water partition coefficient (Wildman–Crippen LogP) is 4.72. The summed E-state index contributed by atoms with van der Waals surface area (Å²) in [7, 11) is 0. The van der Waals surface area contributed by atoms with Crippen LogP contribution < -0.4 is 0 Å². The number of benzene rings is 1. The second kappa shape index (κ2) is 8.70. The summed E-state index contributed by atoms with van der Waals surface area (Å²) < 4.78 is 1.85. The summed E-state index contributed by atoms with van der Waals surface area (Å²) in [6.07, 6.45) is 6.46. The van der Waals surface area contributed by atoms with Crippen LogP contribution in [0, 0.1) is 6.92 Å². The van der Waals surface area contributed by atoms with Gasteiger partial charge in [-0.3, -0.25) is 0 Å². The molecular formula is C21H27N5. The minimum Gasteiger partial charge on any atom is -0.216 e. The summed E-state index contributed by atoms with van der Waals surface area (Å²) in [6, 6.07) is 12.2. The Kier molecular flexibility index (Phi) is 6.10. The van der Waals surface area contributed by atoms with E-state index in [0.29, 0.717) is 5.95 Å². The zero-order valence-electron chi connectivity index (χ0n) is 15.9. The average Bonchev–Trinajstić information content (AvgIpc) is 3.07. The van der Waals surface area contributed by atoms with Gasteiger partial charge in [0.1, 0.15) is 0 Å². The summed E-state index contributed by atoms with van der Waals surface area (Å²) in [5, 5.41) is 8.86. The molecule has 3 aromatic rings. The van der Waals surface area contributed by atoms with Crippen molar-refractivity contribution < 1.29 is 0 Å². The summed E-state index contributed by atoms with van der Waals surface area (Å²) in [5.74, 6) is 0.616. The van der Waals surface area contributed by atoms with Crippen molar-refractivity contribution in [1.29, 1.82) is 0 Å². The predicted molar refractivity (Wildman–Crippen MR) is 104 cm³/mol. The molecule has 2 heterocycles. The number of nitrogens with zero attached hydrogens (tertiary/aromatic N) is 5. The molecule has 136 valence electrons. The normalized spacial score (nSPS) is 11.0. The number of aryl methyl sites for hydroxylation is 2. The van der Waals surface area contributed by atoms with Crippen LogP contribution in [0.15, 0.2) is 36.4 Å². The standard InChI is InChI=1S/C21H27N5/c1-4-6-13-18-20(14-7-5-2)26(25-24-18)21-22-16(3)15-19(23-21)17-11-9-8-10-12-17/h8-12,15H,4-7,13-14H2,1-3H3. The van der Waals surface area contributed by atoms with E-state index in [4.69, 9.17) is 4.98 Å². The van der Waals surface area contributed by atoms with Crippen LogP contribution >= 0.6 is 0 Å². The number of unbranched alkanes of at least 4 members (excludes halogenated alkanes) is 2. The van der Waals surface area contributed by atoms with Gasteiger partial charge < -0.3 is 0 Å². The van der Waals surface area contributed by atoms with E-state index in [0.717, 1.165) is 66.9 Å². The molecule has 0 aliphatic carbocycles. The Balaban J connectivity index is 2.02. The number of hydrogen-bond donors (Lipinski definition) is 0. The Morgan fingerprint density at radius 3 is 2.38 bits per heavy atom. The van der Waals surface area contributed by atoms with Gasteiger partial charge in [0.05, 0.1) is 17.1 Å². The van der Waals surface area contributed by atoms with E-state index < -0.39 is 0 Å². The van der Waals surface area contributed by atoms with Crippen molar-refractivity contribution in [2.45, 2.75) is 59.3 Å². The van der Waals surface area contributed by atoms with E-state index in [1.54, 1.807) is 0 Å². The first-order valence-electron chi connectivity index (χ1n) is 9.57. The third kappa shape index (κ3) is 4.15. The Morgan fingerprint density at radius 2 is 1.65 bits per heavy atom. The lowest BCUT2D eigenvalue weighted by Crippen LogP contribution is -2.10. The van der Waals surface area contributed by atoms with Gasteiger partial charge in [-0.1, -0.05) is 62.2 Å². The Morgan fingerprint density at radius 1 is 0.923 bits per heavy atom. The topological polar surface area (TPSA) is 56.5 Å². The minimum absolute atomic E-state index is 0.616. The molecule has 3 rings (SSSR count). The van der Waals surface area contributed by atoms with Gasteiger partial charge in [0, 0.05) is 11.3 Å². The third-order valence-electron chi connectivity index (χ3n) is 4.48. The van der Waals surface area contributed by atoms with E-state index in [1.807, 2.05) is 35.9 Å². The van der Waals surface area contributed by atoms with E-state index >= 15 is 0 Å². The molecule has 0 fully saturated rings. The molecule has 1 aromatic carbocycles. The van der Waals surface area contributed by atoms with Crippen LogP contribution in [0.4, 0.5) is 0 Å². The third-order valence-corrected chi connectivity index (χ3v) is 4.48. The molecule has 0 bridgehead atoms. The molecule has 0 saturated carbocycles. The first-order chi connectivity index (χ1) is 12.7. The maximum atomic E-state index is 4.79. The fourth-order valence-electron chi connectivity index (χ4n) is 3.03. The van der Waals surface area contributed by atoms with Gasteiger partial charge in [-0.25, -0.2) is 9.97 Å². The highest BCUT2D eigenvalue weighted by atomic mass is 15.5. The van der Waals surface area contributed by atoms with Crippen LogP contribution in [-0.2, 0) is 12.8 Å². The SMILES string of the molecule is CCCCc1nnn(-c2nc(C)cc(-c3ccccc3)n2)c1CCCC. The van der Waals surface area contributed by atoms with E-state index in [1.165, 1.54) is 0 Å². The molecule has 0 unspecified atom stereocenters. The van der Waals surface area contributed by atoms with Crippen LogP contribution in [-0.4, -0.2) is 25.0 Å². The molecular weight excluding hydrogens is 322 g/mol. The highest BCUT2D eigenvalue weighted by Crippen LogP contribution is 2.20. The van der Waals surface area contributed by atoms with Crippen molar-refractivity contribution in [2.75, 3.05) is 0 Å². The van der Waals surface area contributed by atoms with Gasteiger partial charge in [-0.15, -0.1) is 5.10 Å². The van der Waals surface area contributed by atoms with Gasteiger partial charge in [0.15, 0.2) is 0 Å². The molecule has 5 heteroatoms. The van der Waals surface area contributed by atoms with E-state index in [2.05, 4.69) is 41.3 Å². The van der Waals surface area contributed by atoms with Gasteiger partial charge in [0.25, 0.3) is 5.95 Å². The fourth-order valence-corrected chi connectivity index (χ4v) is 3.03. The number of rotatable bonds is 8. The summed E-state index contributed by atoms with van der Waals surface area (Å²) >= 11 is 0. The van der Waals surface area contributed by atoms with Crippen LogP contribution in [0.3, 0.4) is 0 Å². The monoisotopic (exact) mass is 349 g/mol. The Bertz CT molecular complexity index is 839. The molecule has 5 nitrogen and oxygen atoms in total. The molecule has 0 atom stereocenters. The molecule has 0 spiro atoms. The van der Waals surface area contributed by atoms with E-state index in [-0.39, 0.29) is 0 Å². The van der Waals surface area contributed by atoms with Gasteiger partial charge in [-0.2, -0.15) is 4.68 Å². The first-order valence-corrected chi connectivity index (χ1v) is 9.57. The van der Waals surface area contributed by atoms with Crippen molar-refractivity contribution in [2.24, 2.45) is 0 Å². The molecule has 26 heavy (non-hydrogen) atoms. The molecule has 0 radical (unpaired) electrons. The second-order valence-electron chi connectivity index (χ2n) is 6.66. The molecule has 2 aromatic heterocycles. The fraction of sp³-hybridized carbons (Fsp3) is 0.429. The average molecular weight is 349 g/mol. The lowest BCUT2D eigenvalue weighted by molar-refractivity contribution is 0.686. The largest absolute Gasteiger partial charge is 0.253 e. The zero-order valence-corrected chi connectivity index (χ0v) is 15.9. The maximum absolute atomic E-state index is 4.79. The number of hydrogen-bond acceptors (Lipinski definition) is 4. The minimum atomic E-state index is 0.616. The van der Waals surface area contributed by atoms with Crippen molar-refractivity contribution in [3.63, 3.8) is 0 Å². The summed E-state index contributed by atoms with van der Waals surface area (Å²) in [5.41, 5.74) is 5.18. The van der Waals surface area contributed by atoms with Gasteiger partial charge >= 0.3 is 0 Å². The highest BCUT2D eigenvalue weighted by Gasteiger charge is 2.16.